The van der Waals surface area contributed by atoms with E-state index in [4.69, 9.17) is 5.11 Å². The molecule has 0 bridgehead atoms. The van der Waals surface area contributed by atoms with E-state index in [-0.39, 0.29) is 12.5 Å². The molecule has 0 aromatic heterocycles. The molecule has 2 N–H and O–H groups in total. The fraction of sp³-hybridized carbons (Fsp3) is 0.375. The smallest absolute Gasteiger partial charge is 0.0471 e. The van der Waals surface area contributed by atoms with Crippen LogP contribution in [0.15, 0.2) is 42.5 Å². The maximum Gasteiger partial charge on any atom is 0.0471 e. The molecule has 0 spiro atoms. The monoisotopic (exact) mass is 243 g/mol. The third-order valence-corrected chi connectivity index (χ3v) is 3.64. The van der Waals surface area contributed by atoms with E-state index in [2.05, 4.69) is 61.6 Å². The topological polar surface area (TPSA) is 32.3 Å². The molecule has 0 aliphatic heterocycles. The molecule has 2 aromatic carbocycles. The zero-order chi connectivity index (χ0) is 13.0. The van der Waals surface area contributed by atoms with Gasteiger partial charge in [-0.1, -0.05) is 49.4 Å². The SMILES string of the molecule is CC(CO)C(C)NCc1cccc2ccccc12. The number of fused-ring (bicyclic) bond motifs is 1. The molecule has 0 aliphatic rings. The maximum absolute atomic E-state index is 9.13. The van der Waals surface area contributed by atoms with Crippen LogP contribution in [-0.2, 0) is 6.54 Å². The number of nitrogens with one attached hydrogen (secondary N) is 1. The third-order valence-electron chi connectivity index (χ3n) is 3.64. The Hall–Kier alpha value is -1.38. The van der Waals surface area contributed by atoms with Gasteiger partial charge in [0.25, 0.3) is 0 Å². The highest BCUT2D eigenvalue weighted by Crippen LogP contribution is 2.18. The number of hydrogen-bond donors (Lipinski definition) is 2. The van der Waals surface area contributed by atoms with Gasteiger partial charge in [0.15, 0.2) is 0 Å². The van der Waals surface area contributed by atoms with E-state index in [1.165, 1.54) is 16.3 Å². The Balaban J connectivity index is 2.12. The summed E-state index contributed by atoms with van der Waals surface area (Å²) in [6, 6.07) is 15.1. The predicted molar refractivity (Wildman–Crippen MR) is 76.5 cm³/mol. The summed E-state index contributed by atoms with van der Waals surface area (Å²) < 4.78 is 0. The second-order valence-corrected chi connectivity index (χ2v) is 4.97. The van der Waals surface area contributed by atoms with Crippen LogP contribution < -0.4 is 5.32 Å². The molecule has 2 rings (SSSR count). The molecule has 2 heteroatoms. The second kappa shape index (κ2) is 5.98. The van der Waals surface area contributed by atoms with Gasteiger partial charge in [-0.15, -0.1) is 0 Å². The van der Waals surface area contributed by atoms with Gasteiger partial charge in [-0.05, 0) is 29.2 Å². The van der Waals surface area contributed by atoms with Crippen LogP contribution in [0.25, 0.3) is 10.8 Å². The summed E-state index contributed by atoms with van der Waals surface area (Å²) in [4.78, 5) is 0. The van der Waals surface area contributed by atoms with E-state index in [9.17, 15) is 0 Å². The van der Waals surface area contributed by atoms with Crippen LogP contribution in [0, 0.1) is 5.92 Å². The highest BCUT2D eigenvalue weighted by molar-refractivity contribution is 5.85. The molecule has 0 aliphatic carbocycles. The minimum Gasteiger partial charge on any atom is -0.396 e. The Labute approximate surface area is 109 Å². The fourth-order valence-electron chi connectivity index (χ4n) is 2.08. The van der Waals surface area contributed by atoms with Gasteiger partial charge in [-0.3, -0.25) is 0 Å². The Morgan fingerprint density at radius 1 is 1.06 bits per heavy atom. The Morgan fingerprint density at radius 3 is 2.56 bits per heavy atom. The molecule has 0 amide bonds. The minimum atomic E-state index is 0.226. The first-order chi connectivity index (χ1) is 8.72. The van der Waals surface area contributed by atoms with Crippen LogP contribution in [0.1, 0.15) is 19.4 Å². The number of rotatable bonds is 5. The zero-order valence-corrected chi connectivity index (χ0v) is 11.1. The summed E-state index contributed by atoms with van der Waals surface area (Å²) in [6.07, 6.45) is 0. The number of benzene rings is 2. The summed E-state index contributed by atoms with van der Waals surface area (Å²) in [5, 5.41) is 15.2. The summed E-state index contributed by atoms with van der Waals surface area (Å²) in [6.45, 7) is 5.24. The molecular formula is C16H21NO. The minimum absolute atomic E-state index is 0.226. The van der Waals surface area contributed by atoms with Crippen molar-refractivity contribution in [3.8, 4) is 0 Å². The van der Waals surface area contributed by atoms with Crippen molar-refractivity contribution < 1.29 is 5.11 Å². The maximum atomic E-state index is 9.13. The fourth-order valence-corrected chi connectivity index (χ4v) is 2.08. The summed E-state index contributed by atoms with van der Waals surface area (Å²) >= 11 is 0. The standard InChI is InChI=1S/C16H21NO/c1-12(11-18)13(2)17-10-15-8-5-7-14-6-3-4-9-16(14)15/h3-9,12-13,17-18H,10-11H2,1-2H3. The molecule has 0 saturated carbocycles. The van der Waals surface area contributed by atoms with Gasteiger partial charge in [-0.2, -0.15) is 0 Å². The summed E-state index contributed by atoms with van der Waals surface area (Å²) in [7, 11) is 0. The van der Waals surface area contributed by atoms with Gasteiger partial charge in [0.2, 0.25) is 0 Å². The van der Waals surface area contributed by atoms with Crippen LogP contribution >= 0.6 is 0 Å². The molecule has 2 nitrogen and oxygen atoms in total. The lowest BCUT2D eigenvalue weighted by atomic mass is 10.0. The highest BCUT2D eigenvalue weighted by Gasteiger charge is 2.10. The number of hydrogen-bond acceptors (Lipinski definition) is 2. The summed E-state index contributed by atoms with van der Waals surface area (Å²) in [5.41, 5.74) is 1.31. The first kappa shape index (κ1) is 13.1. The molecule has 0 fully saturated rings. The highest BCUT2D eigenvalue weighted by atomic mass is 16.3. The van der Waals surface area contributed by atoms with Gasteiger partial charge >= 0.3 is 0 Å². The van der Waals surface area contributed by atoms with Crippen LogP contribution in [-0.4, -0.2) is 17.8 Å². The van der Waals surface area contributed by atoms with Crippen LogP contribution in [0.5, 0.6) is 0 Å². The first-order valence-electron chi connectivity index (χ1n) is 6.53. The first-order valence-corrected chi connectivity index (χ1v) is 6.53. The molecular weight excluding hydrogens is 222 g/mol. The number of aliphatic hydroxyl groups is 1. The lowest BCUT2D eigenvalue weighted by molar-refractivity contribution is 0.207. The van der Waals surface area contributed by atoms with Crippen molar-refractivity contribution >= 4 is 10.8 Å². The molecule has 96 valence electrons. The number of aliphatic hydroxyl groups excluding tert-OH is 1. The lowest BCUT2D eigenvalue weighted by Crippen LogP contribution is -2.33. The van der Waals surface area contributed by atoms with Crippen molar-refractivity contribution in [2.45, 2.75) is 26.4 Å². The van der Waals surface area contributed by atoms with E-state index < -0.39 is 0 Å². The van der Waals surface area contributed by atoms with Crippen LogP contribution in [0.2, 0.25) is 0 Å². The van der Waals surface area contributed by atoms with Gasteiger partial charge in [-0.25, -0.2) is 0 Å². The Morgan fingerprint density at radius 2 is 1.78 bits per heavy atom. The van der Waals surface area contributed by atoms with Gasteiger partial charge in [0.1, 0.15) is 0 Å². The van der Waals surface area contributed by atoms with Gasteiger partial charge in [0, 0.05) is 19.2 Å². The van der Waals surface area contributed by atoms with Gasteiger partial charge in [0.05, 0.1) is 0 Å². The van der Waals surface area contributed by atoms with E-state index in [0.717, 1.165) is 6.54 Å². The Kier molecular flexibility index (Phi) is 4.34. The largest absolute Gasteiger partial charge is 0.396 e. The second-order valence-electron chi connectivity index (χ2n) is 4.97. The average molecular weight is 243 g/mol. The van der Waals surface area contributed by atoms with Crippen molar-refractivity contribution in [3.63, 3.8) is 0 Å². The quantitative estimate of drug-likeness (QED) is 0.846. The van der Waals surface area contributed by atoms with Gasteiger partial charge < -0.3 is 10.4 Å². The third kappa shape index (κ3) is 2.89. The average Bonchev–Trinajstić information content (AvgIpc) is 2.43. The summed E-state index contributed by atoms with van der Waals surface area (Å²) in [5.74, 6) is 0.278. The van der Waals surface area contributed by atoms with E-state index in [1.807, 2.05) is 0 Å². The van der Waals surface area contributed by atoms with Crippen molar-refractivity contribution in [2.24, 2.45) is 5.92 Å². The van der Waals surface area contributed by atoms with Crippen molar-refractivity contribution in [3.05, 3.63) is 48.0 Å². The van der Waals surface area contributed by atoms with Crippen molar-refractivity contribution in [2.75, 3.05) is 6.61 Å². The van der Waals surface area contributed by atoms with Crippen LogP contribution in [0.3, 0.4) is 0 Å². The molecule has 2 unspecified atom stereocenters. The molecule has 0 saturated heterocycles. The van der Waals surface area contributed by atoms with E-state index in [1.54, 1.807) is 0 Å². The van der Waals surface area contributed by atoms with Crippen molar-refractivity contribution in [1.82, 2.24) is 5.32 Å². The molecule has 2 aromatic rings. The zero-order valence-electron chi connectivity index (χ0n) is 11.1. The predicted octanol–water partition coefficient (Wildman–Crippen LogP) is 2.95. The molecule has 0 radical (unpaired) electrons. The van der Waals surface area contributed by atoms with E-state index in [0.29, 0.717) is 6.04 Å². The molecule has 2 atom stereocenters. The molecule has 18 heavy (non-hydrogen) atoms. The molecule has 0 heterocycles. The van der Waals surface area contributed by atoms with Crippen molar-refractivity contribution in [1.29, 1.82) is 0 Å². The normalized spacial score (nSPS) is 14.6. The Bertz CT molecular complexity index is 504. The van der Waals surface area contributed by atoms with Crippen LogP contribution in [0.4, 0.5) is 0 Å². The lowest BCUT2D eigenvalue weighted by Gasteiger charge is -2.19. The van der Waals surface area contributed by atoms with E-state index >= 15 is 0 Å².